The molecule has 0 saturated carbocycles. The average Bonchev–Trinajstić information content (AvgIpc) is 2.60. The molecule has 0 spiro atoms. The average molecular weight is 313 g/mol. The van der Waals surface area contributed by atoms with Gasteiger partial charge in [0.25, 0.3) is 5.91 Å². The lowest BCUT2D eigenvalue weighted by atomic mass is 10.1. The van der Waals surface area contributed by atoms with Gasteiger partial charge in [-0.15, -0.1) is 0 Å². The van der Waals surface area contributed by atoms with Gasteiger partial charge in [-0.25, -0.2) is 4.98 Å². The SMILES string of the molecule is COCCNC(=O)c1ccc(NCCCc2ccccc2)cn1. The van der Waals surface area contributed by atoms with Crippen LogP contribution in [0.15, 0.2) is 48.7 Å². The number of carbonyl (C=O) groups is 1. The number of hydrogen-bond donors (Lipinski definition) is 2. The molecule has 5 nitrogen and oxygen atoms in total. The summed E-state index contributed by atoms with van der Waals surface area (Å²) in [7, 11) is 1.60. The number of nitrogens with zero attached hydrogens (tertiary/aromatic N) is 1. The molecular weight excluding hydrogens is 290 g/mol. The maximum atomic E-state index is 11.8. The zero-order chi connectivity index (χ0) is 16.3. The molecule has 1 aromatic heterocycles. The summed E-state index contributed by atoms with van der Waals surface area (Å²) in [5, 5.41) is 6.06. The lowest BCUT2D eigenvalue weighted by molar-refractivity contribution is 0.0932. The molecule has 2 N–H and O–H groups in total. The smallest absolute Gasteiger partial charge is 0.269 e. The second-order valence-corrected chi connectivity index (χ2v) is 5.20. The van der Waals surface area contributed by atoms with Gasteiger partial charge in [-0.1, -0.05) is 30.3 Å². The van der Waals surface area contributed by atoms with Crippen molar-refractivity contribution < 1.29 is 9.53 Å². The van der Waals surface area contributed by atoms with Crippen LogP contribution in [-0.2, 0) is 11.2 Å². The second kappa shape index (κ2) is 9.58. The Hall–Kier alpha value is -2.40. The van der Waals surface area contributed by atoms with Crippen LogP contribution in [0, 0.1) is 0 Å². The van der Waals surface area contributed by atoms with Crippen molar-refractivity contribution in [3.05, 3.63) is 59.9 Å². The fourth-order valence-electron chi connectivity index (χ4n) is 2.16. The molecule has 1 aromatic carbocycles. The first kappa shape index (κ1) is 17.0. The summed E-state index contributed by atoms with van der Waals surface area (Å²) in [6.45, 7) is 1.85. The Morgan fingerprint density at radius 1 is 1.13 bits per heavy atom. The van der Waals surface area contributed by atoms with Gasteiger partial charge in [0.05, 0.1) is 18.5 Å². The van der Waals surface area contributed by atoms with E-state index in [1.54, 1.807) is 19.4 Å². The number of carbonyl (C=O) groups excluding carboxylic acids is 1. The second-order valence-electron chi connectivity index (χ2n) is 5.20. The Morgan fingerprint density at radius 2 is 1.96 bits per heavy atom. The normalized spacial score (nSPS) is 10.3. The van der Waals surface area contributed by atoms with Gasteiger partial charge in [-0.05, 0) is 30.5 Å². The summed E-state index contributed by atoms with van der Waals surface area (Å²) in [4.78, 5) is 16.0. The van der Waals surface area contributed by atoms with Crippen molar-refractivity contribution in [2.24, 2.45) is 0 Å². The highest BCUT2D eigenvalue weighted by molar-refractivity contribution is 5.92. The molecule has 1 heterocycles. The van der Waals surface area contributed by atoms with Gasteiger partial charge < -0.3 is 15.4 Å². The minimum Gasteiger partial charge on any atom is -0.384 e. The highest BCUT2D eigenvalue weighted by atomic mass is 16.5. The molecule has 1 amide bonds. The fourth-order valence-corrected chi connectivity index (χ4v) is 2.16. The van der Waals surface area contributed by atoms with Gasteiger partial charge in [0.1, 0.15) is 5.69 Å². The van der Waals surface area contributed by atoms with E-state index in [9.17, 15) is 4.79 Å². The van der Waals surface area contributed by atoms with E-state index in [1.165, 1.54) is 5.56 Å². The van der Waals surface area contributed by atoms with E-state index in [1.807, 2.05) is 12.1 Å². The van der Waals surface area contributed by atoms with E-state index in [2.05, 4.69) is 39.9 Å². The Kier molecular flexibility index (Phi) is 7.07. The molecule has 0 fully saturated rings. The number of rotatable bonds is 9. The molecule has 0 unspecified atom stereocenters. The highest BCUT2D eigenvalue weighted by Crippen LogP contribution is 2.07. The number of aromatic nitrogens is 1. The van der Waals surface area contributed by atoms with Crippen molar-refractivity contribution in [3.8, 4) is 0 Å². The third-order valence-corrected chi connectivity index (χ3v) is 3.40. The number of hydrogen-bond acceptors (Lipinski definition) is 4. The number of anilines is 1. The predicted molar refractivity (Wildman–Crippen MR) is 91.7 cm³/mol. The van der Waals surface area contributed by atoms with Crippen molar-refractivity contribution in [2.75, 3.05) is 32.1 Å². The van der Waals surface area contributed by atoms with Crippen LogP contribution in [-0.4, -0.2) is 37.7 Å². The Labute approximate surface area is 137 Å². The van der Waals surface area contributed by atoms with Crippen molar-refractivity contribution >= 4 is 11.6 Å². The summed E-state index contributed by atoms with van der Waals surface area (Å²) in [6, 6.07) is 14.0. The standard InChI is InChI=1S/C18H23N3O2/c1-23-13-12-20-18(22)17-10-9-16(14-21-17)19-11-5-8-15-6-3-2-4-7-15/h2-4,6-7,9-10,14,19H,5,8,11-13H2,1H3,(H,20,22). The minimum absolute atomic E-state index is 0.183. The summed E-state index contributed by atoms with van der Waals surface area (Å²) in [6.07, 6.45) is 3.78. The van der Waals surface area contributed by atoms with Gasteiger partial charge in [0.15, 0.2) is 0 Å². The van der Waals surface area contributed by atoms with E-state index in [-0.39, 0.29) is 5.91 Å². The molecule has 5 heteroatoms. The van der Waals surface area contributed by atoms with E-state index in [4.69, 9.17) is 4.74 Å². The van der Waals surface area contributed by atoms with Gasteiger partial charge in [-0.3, -0.25) is 4.79 Å². The number of ether oxygens (including phenoxy) is 1. The highest BCUT2D eigenvalue weighted by Gasteiger charge is 2.05. The minimum atomic E-state index is -0.183. The predicted octanol–water partition coefficient (Wildman–Crippen LogP) is 2.50. The van der Waals surface area contributed by atoms with Crippen LogP contribution in [0.3, 0.4) is 0 Å². The number of nitrogens with one attached hydrogen (secondary N) is 2. The lowest BCUT2D eigenvalue weighted by Gasteiger charge is -2.07. The Bertz CT molecular complexity index is 585. The number of benzene rings is 1. The number of aryl methyl sites for hydroxylation is 1. The first-order chi connectivity index (χ1) is 11.3. The van der Waals surface area contributed by atoms with Gasteiger partial charge in [-0.2, -0.15) is 0 Å². The monoisotopic (exact) mass is 313 g/mol. The number of pyridine rings is 1. The zero-order valence-corrected chi connectivity index (χ0v) is 13.4. The maximum Gasteiger partial charge on any atom is 0.269 e. The molecule has 0 aliphatic heterocycles. The van der Waals surface area contributed by atoms with Crippen LogP contribution in [0.5, 0.6) is 0 Å². The van der Waals surface area contributed by atoms with Crippen LogP contribution in [0.25, 0.3) is 0 Å². The summed E-state index contributed by atoms with van der Waals surface area (Å²) in [5.41, 5.74) is 2.68. The molecule has 0 aliphatic carbocycles. The zero-order valence-electron chi connectivity index (χ0n) is 13.4. The van der Waals surface area contributed by atoms with E-state index in [0.29, 0.717) is 18.8 Å². The molecule has 122 valence electrons. The molecule has 0 saturated heterocycles. The van der Waals surface area contributed by atoms with Crippen molar-refractivity contribution in [3.63, 3.8) is 0 Å². The van der Waals surface area contributed by atoms with Crippen LogP contribution in [0.2, 0.25) is 0 Å². The first-order valence-electron chi connectivity index (χ1n) is 7.80. The summed E-state index contributed by atoms with van der Waals surface area (Å²) >= 11 is 0. The van der Waals surface area contributed by atoms with E-state index in [0.717, 1.165) is 25.1 Å². The van der Waals surface area contributed by atoms with Gasteiger partial charge >= 0.3 is 0 Å². The molecule has 0 atom stereocenters. The Balaban J connectivity index is 1.71. The molecule has 0 aliphatic rings. The topological polar surface area (TPSA) is 63.2 Å². The molecule has 0 bridgehead atoms. The third-order valence-electron chi connectivity index (χ3n) is 3.40. The maximum absolute atomic E-state index is 11.8. The van der Waals surface area contributed by atoms with Gasteiger partial charge in [0.2, 0.25) is 0 Å². The molecule has 0 radical (unpaired) electrons. The number of methoxy groups -OCH3 is 1. The summed E-state index contributed by atoms with van der Waals surface area (Å²) in [5.74, 6) is -0.183. The largest absolute Gasteiger partial charge is 0.384 e. The van der Waals surface area contributed by atoms with E-state index < -0.39 is 0 Å². The van der Waals surface area contributed by atoms with Crippen LogP contribution in [0.1, 0.15) is 22.5 Å². The molecule has 2 aromatic rings. The molecule has 2 rings (SSSR count). The Morgan fingerprint density at radius 3 is 2.65 bits per heavy atom. The molecular formula is C18H23N3O2. The third kappa shape index (κ3) is 6.08. The summed E-state index contributed by atoms with van der Waals surface area (Å²) < 4.78 is 4.89. The van der Waals surface area contributed by atoms with Crippen LogP contribution in [0.4, 0.5) is 5.69 Å². The lowest BCUT2D eigenvalue weighted by Crippen LogP contribution is -2.27. The molecule has 23 heavy (non-hydrogen) atoms. The first-order valence-corrected chi connectivity index (χ1v) is 7.80. The van der Waals surface area contributed by atoms with E-state index >= 15 is 0 Å². The van der Waals surface area contributed by atoms with Crippen molar-refractivity contribution in [2.45, 2.75) is 12.8 Å². The van der Waals surface area contributed by atoms with Gasteiger partial charge in [0, 0.05) is 20.2 Å². The van der Waals surface area contributed by atoms with Crippen LogP contribution >= 0.6 is 0 Å². The number of amides is 1. The quantitative estimate of drug-likeness (QED) is 0.698. The van der Waals surface area contributed by atoms with Crippen molar-refractivity contribution in [1.82, 2.24) is 10.3 Å². The van der Waals surface area contributed by atoms with Crippen LogP contribution < -0.4 is 10.6 Å². The fraction of sp³-hybridized carbons (Fsp3) is 0.333. The van der Waals surface area contributed by atoms with Crippen molar-refractivity contribution in [1.29, 1.82) is 0 Å².